The topological polar surface area (TPSA) is 189 Å². The number of nitrogens with zero attached hydrogens (tertiary/aromatic N) is 4. The van der Waals surface area contributed by atoms with E-state index >= 15 is 0 Å². The van der Waals surface area contributed by atoms with Crippen molar-refractivity contribution in [1.82, 2.24) is 20.4 Å². The second-order valence-corrected chi connectivity index (χ2v) is 8.99. The molecular weight excluding hydrogens is 522 g/mol. The lowest BCUT2D eigenvalue weighted by Crippen LogP contribution is -2.35. The van der Waals surface area contributed by atoms with Crippen molar-refractivity contribution in [3.8, 4) is 11.5 Å². The average molecular weight is 552 g/mol. The molecule has 1 amide bonds. The summed E-state index contributed by atoms with van der Waals surface area (Å²) in [4.78, 5) is 48.4. The molecule has 1 aliphatic rings. The summed E-state index contributed by atoms with van der Waals surface area (Å²) in [6.07, 6.45) is 4.24. The lowest BCUT2D eigenvalue weighted by molar-refractivity contribution is -0.384. The third-order valence-electron chi connectivity index (χ3n) is 6.10. The number of nitro benzene ring substituents is 1. The van der Waals surface area contributed by atoms with Gasteiger partial charge >= 0.3 is 11.9 Å². The number of benzene rings is 2. The van der Waals surface area contributed by atoms with Gasteiger partial charge in [-0.3, -0.25) is 19.8 Å². The number of hydrogen-bond donors (Lipinski definition) is 3. The summed E-state index contributed by atoms with van der Waals surface area (Å²) in [7, 11) is 0. The zero-order valence-electron chi connectivity index (χ0n) is 21.5. The van der Waals surface area contributed by atoms with Crippen molar-refractivity contribution in [2.45, 2.75) is 25.8 Å². The van der Waals surface area contributed by atoms with Gasteiger partial charge < -0.3 is 20.1 Å². The molecule has 0 aliphatic carbocycles. The molecule has 13 heteroatoms. The summed E-state index contributed by atoms with van der Waals surface area (Å²) >= 11 is 0. The Kier molecular flexibility index (Phi) is 11.0. The Labute approximate surface area is 229 Å². The van der Waals surface area contributed by atoms with Crippen LogP contribution in [-0.4, -0.2) is 67.7 Å². The van der Waals surface area contributed by atoms with Gasteiger partial charge in [-0.05, 0) is 49.9 Å². The van der Waals surface area contributed by atoms with Gasteiger partial charge in [0.25, 0.3) is 23.3 Å². The van der Waals surface area contributed by atoms with E-state index in [1.54, 1.807) is 6.07 Å². The van der Waals surface area contributed by atoms with Crippen molar-refractivity contribution in [3.05, 3.63) is 88.3 Å². The van der Waals surface area contributed by atoms with Crippen LogP contribution in [0.1, 0.15) is 35.4 Å². The third kappa shape index (κ3) is 9.76. The largest absolute Gasteiger partial charge is 0.478 e. The summed E-state index contributed by atoms with van der Waals surface area (Å²) < 4.78 is 5.11. The second kappa shape index (κ2) is 14.9. The number of carboxylic acids is 2. The van der Waals surface area contributed by atoms with Gasteiger partial charge in [0.1, 0.15) is 0 Å². The fourth-order valence-corrected chi connectivity index (χ4v) is 4.07. The van der Waals surface area contributed by atoms with Crippen molar-refractivity contribution in [2.24, 2.45) is 5.92 Å². The van der Waals surface area contributed by atoms with E-state index in [1.807, 2.05) is 6.07 Å². The van der Waals surface area contributed by atoms with Crippen LogP contribution in [0.15, 0.2) is 71.3 Å². The predicted molar refractivity (Wildman–Crippen MR) is 142 cm³/mol. The fraction of sp³-hybridized carbons (Fsp3) is 0.296. The Hall–Kier alpha value is -4.91. The molecule has 1 fully saturated rings. The number of aromatic nitrogens is 2. The number of carboxylic acid groups (broad SMARTS) is 2. The van der Waals surface area contributed by atoms with Crippen LogP contribution < -0.4 is 5.32 Å². The highest BCUT2D eigenvalue weighted by Crippen LogP contribution is 2.23. The van der Waals surface area contributed by atoms with E-state index in [2.05, 4.69) is 44.6 Å². The molecule has 2 heterocycles. The summed E-state index contributed by atoms with van der Waals surface area (Å²) in [5.74, 6) is -2.35. The molecule has 0 radical (unpaired) electrons. The van der Waals surface area contributed by atoms with E-state index in [9.17, 15) is 24.5 Å². The van der Waals surface area contributed by atoms with Crippen LogP contribution in [0.25, 0.3) is 11.5 Å². The van der Waals surface area contributed by atoms with Gasteiger partial charge in [0.15, 0.2) is 0 Å². The summed E-state index contributed by atoms with van der Waals surface area (Å²) in [5.41, 5.74) is 1.65. The molecule has 3 aromatic rings. The van der Waals surface area contributed by atoms with E-state index in [-0.39, 0.29) is 17.4 Å². The van der Waals surface area contributed by atoms with Gasteiger partial charge in [-0.1, -0.05) is 41.6 Å². The maximum absolute atomic E-state index is 12.3. The van der Waals surface area contributed by atoms with Gasteiger partial charge in [0, 0.05) is 42.9 Å². The number of carbonyl (C=O) groups is 3. The van der Waals surface area contributed by atoms with Gasteiger partial charge in [-0.15, -0.1) is 0 Å². The van der Waals surface area contributed by atoms with E-state index in [4.69, 9.17) is 14.7 Å². The molecule has 1 aliphatic heterocycles. The zero-order chi connectivity index (χ0) is 28.9. The molecular formula is C27H29N5O8. The number of hydrogen-bond acceptors (Lipinski definition) is 9. The lowest BCUT2D eigenvalue weighted by Gasteiger charge is -2.32. The van der Waals surface area contributed by atoms with Gasteiger partial charge in [0.2, 0.25) is 0 Å². The van der Waals surface area contributed by atoms with E-state index in [1.165, 1.54) is 23.8 Å². The Balaban J connectivity index is 0.000000482. The monoisotopic (exact) mass is 551 g/mol. The number of amides is 1. The maximum Gasteiger partial charge on any atom is 0.328 e. The molecule has 0 saturated carbocycles. The van der Waals surface area contributed by atoms with Crippen LogP contribution in [0, 0.1) is 16.0 Å². The Morgan fingerprint density at radius 2 is 1.73 bits per heavy atom. The lowest BCUT2D eigenvalue weighted by atomic mass is 9.93. The molecule has 0 unspecified atom stereocenters. The SMILES string of the molecule is O=C(NCCC1CCN(Cc2ccccc2)CC1)c1noc(-c2cccc([N+](=O)[O-])c2)n1.O=C(O)/C=C/C(=O)O. The van der Waals surface area contributed by atoms with E-state index < -0.39 is 22.8 Å². The molecule has 2 aromatic carbocycles. The second-order valence-electron chi connectivity index (χ2n) is 8.99. The summed E-state index contributed by atoms with van der Waals surface area (Å²) in [6.45, 7) is 3.65. The zero-order valence-corrected chi connectivity index (χ0v) is 21.5. The van der Waals surface area contributed by atoms with Gasteiger partial charge in [0.05, 0.1) is 4.92 Å². The highest BCUT2D eigenvalue weighted by Gasteiger charge is 2.21. The van der Waals surface area contributed by atoms with Crippen molar-refractivity contribution in [1.29, 1.82) is 0 Å². The number of non-ortho nitro benzene ring substituents is 1. The minimum Gasteiger partial charge on any atom is -0.478 e. The quantitative estimate of drug-likeness (QED) is 0.190. The molecule has 210 valence electrons. The minimum atomic E-state index is -1.26. The van der Waals surface area contributed by atoms with Crippen LogP contribution in [0.4, 0.5) is 5.69 Å². The molecule has 0 spiro atoms. The van der Waals surface area contributed by atoms with E-state index in [0.717, 1.165) is 38.9 Å². The number of carbonyl (C=O) groups excluding carboxylic acids is 1. The number of likely N-dealkylation sites (tertiary alicyclic amines) is 1. The van der Waals surface area contributed by atoms with Crippen molar-refractivity contribution >= 4 is 23.5 Å². The molecule has 3 N–H and O–H groups in total. The van der Waals surface area contributed by atoms with Gasteiger partial charge in [-0.25, -0.2) is 9.59 Å². The van der Waals surface area contributed by atoms with E-state index in [0.29, 0.717) is 30.2 Å². The highest BCUT2D eigenvalue weighted by molar-refractivity contribution is 5.90. The molecule has 1 saturated heterocycles. The Morgan fingerprint density at radius 3 is 2.35 bits per heavy atom. The minimum absolute atomic E-state index is 0.0737. The molecule has 1 aromatic heterocycles. The molecule has 0 atom stereocenters. The predicted octanol–water partition coefficient (Wildman–Crippen LogP) is 3.39. The first kappa shape index (κ1) is 29.6. The first-order valence-electron chi connectivity index (χ1n) is 12.5. The standard InChI is InChI=1S/C23H25N5O4.C4H4O4/c29-22(21-25-23(32-26-21)19-7-4-8-20(15-19)28(30)31)24-12-9-17-10-13-27(14-11-17)16-18-5-2-1-3-6-18;5-3(6)1-2-4(7)8/h1-8,15,17H,9-14,16H2,(H,24,29);1-2H,(H,5,6)(H,7,8)/b;2-1+. The van der Waals surface area contributed by atoms with Crippen LogP contribution in [0.2, 0.25) is 0 Å². The van der Waals surface area contributed by atoms with Crippen molar-refractivity contribution in [3.63, 3.8) is 0 Å². The van der Waals surface area contributed by atoms with Crippen LogP contribution in [0.3, 0.4) is 0 Å². The number of piperidine rings is 1. The van der Waals surface area contributed by atoms with Crippen molar-refractivity contribution in [2.75, 3.05) is 19.6 Å². The number of nitrogens with one attached hydrogen (secondary N) is 1. The normalized spacial score (nSPS) is 13.8. The Bertz CT molecular complexity index is 1320. The molecule has 40 heavy (non-hydrogen) atoms. The van der Waals surface area contributed by atoms with Crippen LogP contribution in [0.5, 0.6) is 0 Å². The van der Waals surface area contributed by atoms with Crippen LogP contribution >= 0.6 is 0 Å². The number of nitro groups is 1. The highest BCUT2D eigenvalue weighted by atomic mass is 16.6. The molecule has 4 rings (SSSR count). The maximum atomic E-state index is 12.3. The fourth-order valence-electron chi connectivity index (χ4n) is 4.07. The summed E-state index contributed by atoms with van der Waals surface area (Å²) in [6, 6.07) is 16.3. The molecule has 0 bridgehead atoms. The smallest absolute Gasteiger partial charge is 0.328 e. The Morgan fingerprint density at radius 1 is 1.05 bits per heavy atom. The first-order chi connectivity index (χ1) is 19.2. The first-order valence-corrected chi connectivity index (χ1v) is 12.5. The molecule has 13 nitrogen and oxygen atoms in total. The third-order valence-corrected chi connectivity index (χ3v) is 6.10. The average Bonchev–Trinajstić information content (AvgIpc) is 3.45. The van der Waals surface area contributed by atoms with Crippen LogP contribution in [-0.2, 0) is 16.1 Å². The van der Waals surface area contributed by atoms with Gasteiger partial charge in [-0.2, -0.15) is 4.98 Å². The summed E-state index contributed by atoms with van der Waals surface area (Å²) in [5, 5.41) is 33.1. The van der Waals surface area contributed by atoms with Crippen molar-refractivity contribution < 1.29 is 34.0 Å². The number of aliphatic carboxylic acids is 2. The number of rotatable bonds is 10.